The molecule has 2 amide bonds. The molecule has 1 aromatic rings. The van der Waals surface area contributed by atoms with Gasteiger partial charge in [0.25, 0.3) is 5.91 Å². The van der Waals surface area contributed by atoms with Crippen LogP contribution in [0.15, 0.2) is 18.2 Å². The van der Waals surface area contributed by atoms with E-state index in [4.69, 9.17) is 27.9 Å². The highest BCUT2D eigenvalue weighted by Gasteiger charge is 2.25. The maximum atomic E-state index is 12.6. The van der Waals surface area contributed by atoms with Gasteiger partial charge in [0, 0.05) is 11.6 Å². The lowest BCUT2D eigenvalue weighted by molar-refractivity contribution is -0.124. The summed E-state index contributed by atoms with van der Waals surface area (Å²) in [6.45, 7) is 1.24. The number of ether oxygens (including phenoxy) is 1. The van der Waals surface area contributed by atoms with E-state index in [0.717, 1.165) is 25.2 Å². The number of halogens is 2. The highest BCUT2D eigenvalue weighted by molar-refractivity contribution is 7.98. The summed E-state index contributed by atoms with van der Waals surface area (Å²) in [4.78, 5) is 25.1. The van der Waals surface area contributed by atoms with Crippen molar-refractivity contribution in [2.45, 2.75) is 31.3 Å². The largest absolute Gasteiger partial charge is 0.379 e. The Morgan fingerprint density at radius 3 is 2.84 bits per heavy atom. The van der Waals surface area contributed by atoms with Crippen molar-refractivity contribution in [3.8, 4) is 0 Å². The minimum Gasteiger partial charge on any atom is -0.379 e. The van der Waals surface area contributed by atoms with Gasteiger partial charge >= 0.3 is 0 Å². The summed E-state index contributed by atoms with van der Waals surface area (Å²) in [5.74, 6) is 0.180. The van der Waals surface area contributed by atoms with Crippen LogP contribution in [0.2, 0.25) is 10.0 Å². The third kappa shape index (κ3) is 6.37. The van der Waals surface area contributed by atoms with Gasteiger partial charge in [0.05, 0.1) is 23.2 Å². The number of amides is 2. The standard InChI is InChI=1S/C17H22Cl2N2O3S/c1-25-8-6-15(17(23)20-12-3-2-7-24-10-12)21-16(22)13-5-4-11(18)9-14(13)19/h4-5,9,12,15H,2-3,6-8,10H2,1H3,(H,20,23)(H,21,22). The van der Waals surface area contributed by atoms with Crippen LogP contribution in [-0.2, 0) is 9.53 Å². The van der Waals surface area contributed by atoms with E-state index >= 15 is 0 Å². The number of hydrogen-bond acceptors (Lipinski definition) is 4. The third-order valence-corrected chi connectivity index (χ3v) is 5.11. The summed E-state index contributed by atoms with van der Waals surface area (Å²) in [6.07, 6.45) is 4.31. The maximum Gasteiger partial charge on any atom is 0.253 e. The Balaban J connectivity index is 2.02. The molecule has 25 heavy (non-hydrogen) atoms. The first-order valence-corrected chi connectivity index (χ1v) is 10.3. The summed E-state index contributed by atoms with van der Waals surface area (Å²) in [7, 11) is 0. The van der Waals surface area contributed by atoms with E-state index in [1.165, 1.54) is 6.07 Å². The Hall–Kier alpha value is -0.950. The number of nitrogens with one attached hydrogen (secondary N) is 2. The van der Waals surface area contributed by atoms with Crippen molar-refractivity contribution in [3.63, 3.8) is 0 Å². The second-order valence-corrected chi connectivity index (χ2v) is 7.68. The van der Waals surface area contributed by atoms with Crippen LogP contribution in [0.1, 0.15) is 29.6 Å². The highest BCUT2D eigenvalue weighted by Crippen LogP contribution is 2.21. The minimum absolute atomic E-state index is 0.00551. The Morgan fingerprint density at radius 1 is 1.40 bits per heavy atom. The van der Waals surface area contributed by atoms with E-state index in [9.17, 15) is 9.59 Å². The molecule has 8 heteroatoms. The smallest absolute Gasteiger partial charge is 0.253 e. The SMILES string of the molecule is CSCCC(NC(=O)c1ccc(Cl)cc1Cl)C(=O)NC1CCCOC1. The molecule has 1 aliphatic heterocycles. The van der Waals surface area contributed by atoms with Crippen LogP contribution < -0.4 is 10.6 Å². The monoisotopic (exact) mass is 404 g/mol. The summed E-state index contributed by atoms with van der Waals surface area (Å²) in [5.41, 5.74) is 0.300. The van der Waals surface area contributed by atoms with Crippen LogP contribution in [0.3, 0.4) is 0 Å². The predicted octanol–water partition coefficient (Wildman–Crippen LogP) is 3.14. The van der Waals surface area contributed by atoms with Gasteiger partial charge in [-0.25, -0.2) is 0 Å². The molecular weight excluding hydrogens is 383 g/mol. The molecule has 0 spiro atoms. The van der Waals surface area contributed by atoms with Gasteiger partial charge in [0.2, 0.25) is 5.91 Å². The number of hydrogen-bond donors (Lipinski definition) is 2. The summed E-state index contributed by atoms with van der Waals surface area (Å²) < 4.78 is 5.39. The molecular formula is C17H22Cl2N2O3S. The van der Waals surface area contributed by atoms with Gasteiger partial charge in [-0.3, -0.25) is 9.59 Å². The molecule has 1 heterocycles. The summed E-state index contributed by atoms with van der Waals surface area (Å²) in [5, 5.41) is 6.46. The first kappa shape index (κ1) is 20.4. The Bertz CT molecular complexity index is 610. The zero-order chi connectivity index (χ0) is 18.2. The van der Waals surface area contributed by atoms with Crippen molar-refractivity contribution in [3.05, 3.63) is 33.8 Å². The van der Waals surface area contributed by atoms with Crippen molar-refractivity contribution in [1.29, 1.82) is 0 Å². The highest BCUT2D eigenvalue weighted by atomic mass is 35.5. The van der Waals surface area contributed by atoms with Crippen LogP contribution in [0.25, 0.3) is 0 Å². The lowest BCUT2D eigenvalue weighted by atomic mass is 10.1. The number of carbonyl (C=O) groups is 2. The Morgan fingerprint density at radius 2 is 2.20 bits per heavy atom. The number of carbonyl (C=O) groups excluding carboxylic acids is 2. The normalized spacial score (nSPS) is 18.4. The van der Waals surface area contributed by atoms with Crippen LogP contribution in [-0.4, -0.2) is 49.1 Å². The molecule has 1 aliphatic rings. The molecule has 1 fully saturated rings. The Kier molecular flexibility index (Phi) is 8.36. The minimum atomic E-state index is -0.617. The molecule has 0 aromatic heterocycles. The van der Waals surface area contributed by atoms with Crippen LogP contribution >= 0.6 is 35.0 Å². The van der Waals surface area contributed by atoms with Crippen LogP contribution in [0.4, 0.5) is 0 Å². The van der Waals surface area contributed by atoms with Gasteiger partial charge in [-0.05, 0) is 49.5 Å². The first-order chi connectivity index (χ1) is 12.0. The van der Waals surface area contributed by atoms with Gasteiger partial charge in [-0.1, -0.05) is 23.2 Å². The van der Waals surface area contributed by atoms with Gasteiger partial charge < -0.3 is 15.4 Å². The molecule has 2 unspecified atom stereocenters. The lowest BCUT2D eigenvalue weighted by Gasteiger charge is -2.26. The topological polar surface area (TPSA) is 67.4 Å². The number of benzene rings is 1. The van der Waals surface area contributed by atoms with Crippen molar-refractivity contribution in [2.24, 2.45) is 0 Å². The average molecular weight is 405 g/mol. The van der Waals surface area contributed by atoms with Crippen LogP contribution in [0, 0.1) is 0 Å². The summed E-state index contributed by atoms with van der Waals surface area (Å²) >= 11 is 13.6. The molecule has 2 rings (SSSR count). The molecule has 0 bridgehead atoms. The van der Waals surface area contributed by atoms with Crippen LogP contribution in [0.5, 0.6) is 0 Å². The van der Waals surface area contributed by atoms with Crippen molar-refractivity contribution in [2.75, 3.05) is 25.2 Å². The van der Waals surface area contributed by atoms with Gasteiger partial charge in [0.1, 0.15) is 6.04 Å². The molecule has 138 valence electrons. The van der Waals surface area contributed by atoms with E-state index in [1.54, 1.807) is 23.9 Å². The van der Waals surface area contributed by atoms with E-state index in [2.05, 4.69) is 10.6 Å². The zero-order valence-corrected chi connectivity index (χ0v) is 16.3. The number of thioether (sulfide) groups is 1. The molecule has 0 saturated carbocycles. The lowest BCUT2D eigenvalue weighted by Crippen LogP contribution is -2.51. The molecule has 5 nitrogen and oxygen atoms in total. The Labute approximate surface area is 162 Å². The molecule has 2 N–H and O–H groups in total. The van der Waals surface area contributed by atoms with Crippen molar-refractivity contribution in [1.82, 2.24) is 10.6 Å². The average Bonchev–Trinajstić information content (AvgIpc) is 2.59. The van der Waals surface area contributed by atoms with E-state index in [-0.39, 0.29) is 22.9 Å². The molecule has 1 aromatic carbocycles. The van der Waals surface area contributed by atoms with Gasteiger partial charge in [-0.2, -0.15) is 11.8 Å². The van der Waals surface area contributed by atoms with E-state index < -0.39 is 6.04 Å². The van der Waals surface area contributed by atoms with Gasteiger partial charge in [0.15, 0.2) is 0 Å². The van der Waals surface area contributed by atoms with Crippen molar-refractivity contribution < 1.29 is 14.3 Å². The molecule has 0 radical (unpaired) electrons. The first-order valence-electron chi connectivity index (χ1n) is 8.14. The second-order valence-electron chi connectivity index (χ2n) is 5.85. The fourth-order valence-electron chi connectivity index (χ4n) is 2.57. The predicted molar refractivity (Wildman–Crippen MR) is 103 cm³/mol. The van der Waals surface area contributed by atoms with E-state index in [0.29, 0.717) is 23.6 Å². The third-order valence-electron chi connectivity index (χ3n) is 3.91. The second kappa shape index (κ2) is 10.3. The zero-order valence-electron chi connectivity index (χ0n) is 14.0. The van der Waals surface area contributed by atoms with Gasteiger partial charge in [-0.15, -0.1) is 0 Å². The quantitative estimate of drug-likeness (QED) is 0.732. The molecule has 1 saturated heterocycles. The summed E-state index contributed by atoms with van der Waals surface area (Å²) in [6, 6.07) is 4.04. The fourth-order valence-corrected chi connectivity index (χ4v) is 3.54. The van der Waals surface area contributed by atoms with Crippen molar-refractivity contribution >= 4 is 46.8 Å². The number of rotatable bonds is 7. The van der Waals surface area contributed by atoms with E-state index in [1.807, 2.05) is 6.26 Å². The molecule has 0 aliphatic carbocycles. The fraction of sp³-hybridized carbons (Fsp3) is 0.529. The maximum absolute atomic E-state index is 12.6. The molecule has 2 atom stereocenters.